The second kappa shape index (κ2) is 8.66. The van der Waals surface area contributed by atoms with E-state index < -0.39 is 0 Å². The van der Waals surface area contributed by atoms with Crippen LogP contribution in [0, 0.1) is 0 Å². The molecule has 0 N–H and O–H groups in total. The Balaban J connectivity index is 1.55. The zero-order valence-corrected chi connectivity index (χ0v) is 17.0. The van der Waals surface area contributed by atoms with Gasteiger partial charge in [-0.3, -0.25) is 4.98 Å². The number of aromatic nitrogens is 1. The van der Waals surface area contributed by atoms with Crippen molar-refractivity contribution in [3.05, 3.63) is 82.6 Å². The van der Waals surface area contributed by atoms with Gasteiger partial charge in [0.1, 0.15) is 5.75 Å². The van der Waals surface area contributed by atoms with E-state index >= 15 is 0 Å². The molecule has 0 bridgehead atoms. The number of fused-ring (bicyclic) bond motifs is 1. The molecule has 0 aliphatic carbocycles. The van der Waals surface area contributed by atoms with Crippen LogP contribution in [0.15, 0.2) is 60.9 Å². The van der Waals surface area contributed by atoms with Gasteiger partial charge in [0.2, 0.25) is 0 Å². The molecular weight excluding hydrogens is 386 g/mol. The monoisotopic (exact) mass is 407 g/mol. The quantitative estimate of drug-likeness (QED) is 0.510. The molecule has 1 atom stereocenters. The van der Waals surface area contributed by atoms with Gasteiger partial charge in [0.25, 0.3) is 0 Å². The van der Waals surface area contributed by atoms with Gasteiger partial charge in [0.15, 0.2) is 0 Å². The summed E-state index contributed by atoms with van der Waals surface area (Å²) in [5, 5.41) is 0.728. The summed E-state index contributed by atoms with van der Waals surface area (Å²) in [5.41, 5.74) is 4.76. The SMILES string of the molecule is COC(=O)c1ccncc1CC[C@@H]1CCOc2cc(-c3ccccc3Cl)ccc21. The number of aryl methyl sites for hydroxylation is 1. The zero-order valence-electron chi connectivity index (χ0n) is 16.2. The van der Waals surface area contributed by atoms with Crippen LogP contribution in [-0.2, 0) is 11.2 Å². The van der Waals surface area contributed by atoms with Crippen molar-refractivity contribution in [3.8, 4) is 16.9 Å². The molecule has 1 aliphatic heterocycles. The van der Waals surface area contributed by atoms with Crippen molar-refractivity contribution in [2.45, 2.75) is 25.2 Å². The minimum Gasteiger partial charge on any atom is -0.493 e. The topological polar surface area (TPSA) is 48.4 Å². The number of hydrogen-bond acceptors (Lipinski definition) is 4. The van der Waals surface area contributed by atoms with Crippen LogP contribution in [0.5, 0.6) is 5.75 Å². The third-order valence-electron chi connectivity index (χ3n) is 5.43. The molecule has 5 heteroatoms. The average Bonchev–Trinajstić information content (AvgIpc) is 2.77. The number of halogens is 1. The molecule has 2 heterocycles. The Bertz CT molecular complexity index is 1030. The molecule has 1 aliphatic rings. The second-order valence-corrected chi connectivity index (χ2v) is 7.54. The molecule has 0 radical (unpaired) electrons. The van der Waals surface area contributed by atoms with Gasteiger partial charge in [0.05, 0.1) is 19.3 Å². The van der Waals surface area contributed by atoms with Crippen molar-refractivity contribution >= 4 is 17.6 Å². The van der Waals surface area contributed by atoms with Crippen LogP contribution < -0.4 is 4.74 Å². The third-order valence-corrected chi connectivity index (χ3v) is 5.76. The summed E-state index contributed by atoms with van der Waals surface area (Å²) in [6.07, 6.45) is 6.00. The maximum Gasteiger partial charge on any atom is 0.338 e. The van der Waals surface area contributed by atoms with Crippen molar-refractivity contribution < 1.29 is 14.3 Å². The predicted octanol–water partition coefficient (Wildman–Crippen LogP) is 5.69. The number of nitrogens with zero attached hydrogens (tertiary/aromatic N) is 1. The Morgan fingerprint density at radius 2 is 2.10 bits per heavy atom. The van der Waals surface area contributed by atoms with Gasteiger partial charge in [-0.2, -0.15) is 0 Å². The number of carbonyl (C=O) groups excluding carboxylic acids is 1. The lowest BCUT2D eigenvalue weighted by Crippen LogP contribution is -2.15. The first-order chi connectivity index (χ1) is 14.2. The van der Waals surface area contributed by atoms with Gasteiger partial charge < -0.3 is 9.47 Å². The molecule has 0 amide bonds. The van der Waals surface area contributed by atoms with Crippen molar-refractivity contribution in [2.24, 2.45) is 0 Å². The van der Waals surface area contributed by atoms with Crippen LogP contribution in [0.25, 0.3) is 11.1 Å². The van der Waals surface area contributed by atoms with Crippen LogP contribution >= 0.6 is 11.6 Å². The lowest BCUT2D eigenvalue weighted by molar-refractivity contribution is 0.0599. The van der Waals surface area contributed by atoms with Gasteiger partial charge in [0, 0.05) is 23.0 Å². The van der Waals surface area contributed by atoms with Crippen molar-refractivity contribution in [1.82, 2.24) is 4.98 Å². The van der Waals surface area contributed by atoms with E-state index in [-0.39, 0.29) is 5.97 Å². The summed E-state index contributed by atoms with van der Waals surface area (Å²) in [6, 6.07) is 15.9. The van der Waals surface area contributed by atoms with E-state index in [1.807, 2.05) is 24.3 Å². The fraction of sp³-hybridized carbons (Fsp3) is 0.250. The highest BCUT2D eigenvalue weighted by atomic mass is 35.5. The van der Waals surface area contributed by atoms with Crippen LogP contribution in [0.3, 0.4) is 0 Å². The molecule has 3 aromatic rings. The molecule has 4 rings (SSSR count). The molecule has 148 valence electrons. The summed E-state index contributed by atoms with van der Waals surface area (Å²) < 4.78 is 10.8. The molecule has 0 spiro atoms. The predicted molar refractivity (Wildman–Crippen MR) is 114 cm³/mol. The smallest absolute Gasteiger partial charge is 0.338 e. The molecule has 2 aromatic carbocycles. The number of ether oxygens (including phenoxy) is 2. The Morgan fingerprint density at radius 1 is 1.24 bits per heavy atom. The maximum atomic E-state index is 12.0. The number of esters is 1. The molecule has 0 saturated heterocycles. The van der Waals surface area contributed by atoms with E-state index in [0.717, 1.165) is 46.7 Å². The van der Waals surface area contributed by atoms with Crippen LogP contribution in [0.2, 0.25) is 5.02 Å². The molecule has 1 aromatic heterocycles. The first kappa shape index (κ1) is 19.5. The lowest BCUT2D eigenvalue weighted by atomic mass is 9.86. The van der Waals surface area contributed by atoms with E-state index in [1.165, 1.54) is 12.7 Å². The first-order valence-corrected chi connectivity index (χ1v) is 10.1. The largest absolute Gasteiger partial charge is 0.493 e. The molecule has 0 fully saturated rings. The summed E-state index contributed by atoms with van der Waals surface area (Å²) >= 11 is 6.36. The fourth-order valence-electron chi connectivity index (χ4n) is 3.89. The third kappa shape index (κ3) is 4.13. The number of methoxy groups -OCH3 is 1. The van der Waals surface area contributed by atoms with E-state index in [0.29, 0.717) is 18.1 Å². The minimum absolute atomic E-state index is 0.320. The molecule has 0 unspecified atom stereocenters. The van der Waals surface area contributed by atoms with E-state index in [9.17, 15) is 4.79 Å². The van der Waals surface area contributed by atoms with Crippen LogP contribution in [0.1, 0.15) is 40.2 Å². The standard InChI is InChI=1S/C24H22ClNO3/c1-28-24(27)21-10-12-26-15-18(21)7-6-16-11-13-29-23-14-17(8-9-20(16)23)19-4-2-3-5-22(19)25/h2-5,8-10,12,14-16H,6-7,11,13H2,1H3/t16-/m1/s1. The highest BCUT2D eigenvalue weighted by molar-refractivity contribution is 6.33. The Morgan fingerprint density at radius 3 is 2.93 bits per heavy atom. The van der Waals surface area contributed by atoms with Crippen molar-refractivity contribution in [2.75, 3.05) is 13.7 Å². The highest BCUT2D eigenvalue weighted by Crippen LogP contribution is 2.40. The van der Waals surface area contributed by atoms with Crippen molar-refractivity contribution in [1.29, 1.82) is 0 Å². The molecular formula is C24H22ClNO3. The van der Waals surface area contributed by atoms with Crippen LogP contribution in [0.4, 0.5) is 0 Å². The Kier molecular flexibility index (Phi) is 5.81. The number of benzene rings is 2. The zero-order chi connectivity index (χ0) is 20.2. The van der Waals surface area contributed by atoms with E-state index in [1.54, 1.807) is 18.5 Å². The Hall–Kier alpha value is -2.85. The average molecular weight is 408 g/mol. The maximum absolute atomic E-state index is 12.0. The highest BCUT2D eigenvalue weighted by Gasteiger charge is 2.23. The minimum atomic E-state index is -0.320. The van der Waals surface area contributed by atoms with Gasteiger partial charge in [-0.25, -0.2) is 4.79 Å². The summed E-state index contributed by atoms with van der Waals surface area (Å²) in [4.78, 5) is 16.2. The number of rotatable bonds is 5. The summed E-state index contributed by atoms with van der Waals surface area (Å²) in [5.74, 6) is 0.960. The van der Waals surface area contributed by atoms with Gasteiger partial charge in [-0.15, -0.1) is 0 Å². The fourth-order valence-corrected chi connectivity index (χ4v) is 4.14. The lowest BCUT2D eigenvalue weighted by Gasteiger charge is -2.27. The number of pyridine rings is 1. The van der Waals surface area contributed by atoms with Crippen molar-refractivity contribution in [3.63, 3.8) is 0 Å². The first-order valence-electron chi connectivity index (χ1n) is 9.70. The normalized spacial score (nSPS) is 15.3. The summed E-state index contributed by atoms with van der Waals surface area (Å²) in [6.45, 7) is 0.681. The van der Waals surface area contributed by atoms with Gasteiger partial charge in [-0.05, 0) is 60.1 Å². The molecule has 29 heavy (non-hydrogen) atoms. The molecule has 0 saturated carbocycles. The van der Waals surface area contributed by atoms with Crippen LogP contribution in [-0.4, -0.2) is 24.7 Å². The number of hydrogen-bond donors (Lipinski definition) is 0. The van der Waals surface area contributed by atoms with E-state index in [4.69, 9.17) is 21.1 Å². The summed E-state index contributed by atoms with van der Waals surface area (Å²) in [7, 11) is 1.40. The number of carbonyl (C=O) groups is 1. The van der Waals surface area contributed by atoms with Gasteiger partial charge in [-0.1, -0.05) is 41.9 Å². The van der Waals surface area contributed by atoms with E-state index in [2.05, 4.69) is 23.2 Å². The van der Waals surface area contributed by atoms with Gasteiger partial charge >= 0.3 is 5.97 Å². The Labute approximate surface area is 175 Å². The second-order valence-electron chi connectivity index (χ2n) is 7.13. The molecule has 4 nitrogen and oxygen atoms in total.